The lowest BCUT2D eigenvalue weighted by Gasteiger charge is -2.18. The van der Waals surface area contributed by atoms with Crippen molar-refractivity contribution in [2.45, 2.75) is 71.3 Å². The van der Waals surface area contributed by atoms with Gasteiger partial charge in [0.15, 0.2) is 0 Å². The van der Waals surface area contributed by atoms with Crippen molar-refractivity contribution >= 4 is 17.7 Å². The van der Waals surface area contributed by atoms with Crippen LogP contribution in [0, 0.1) is 0 Å². The molecule has 0 fully saturated rings. The maximum Gasteiger partial charge on any atom is 0.511 e. The number of likely N-dealkylation sites (N-methyl/N-ethyl adjacent to an activating group) is 1. The Morgan fingerprint density at radius 3 is 2.37 bits per heavy atom. The second-order valence-corrected chi connectivity index (χ2v) is 7.66. The quantitative estimate of drug-likeness (QED) is 0.438. The van der Waals surface area contributed by atoms with Crippen LogP contribution in [0.5, 0.6) is 0 Å². The highest BCUT2D eigenvalue weighted by Crippen LogP contribution is 2.22. The molecule has 164 valence electrons. The molecule has 0 heterocycles. The van der Waals surface area contributed by atoms with Crippen molar-refractivity contribution in [3.63, 3.8) is 0 Å². The third-order valence-corrected chi connectivity index (χ3v) is 4.76. The van der Waals surface area contributed by atoms with E-state index in [1.54, 1.807) is 13.8 Å². The summed E-state index contributed by atoms with van der Waals surface area (Å²) in [5.41, 5.74) is 3.71. The van der Waals surface area contributed by atoms with Crippen LogP contribution in [0.3, 0.4) is 0 Å². The van der Waals surface area contributed by atoms with Gasteiger partial charge in [-0.2, -0.15) is 0 Å². The summed E-state index contributed by atoms with van der Waals surface area (Å²) in [4.78, 5) is 23.5. The first-order valence-corrected chi connectivity index (χ1v) is 10.6. The minimum absolute atomic E-state index is 0.138. The molecule has 0 saturated heterocycles. The molecule has 6 heteroatoms. The van der Waals surface area contributed by atoms with Crippen LogP contribution in [0.15, 0.2) is 42.5 Å². The van der Waals surface area contributed by atoms with E-state index >= 15 is 0 Å². The number of esters is 1. The minimum atomic E-state index is -0.979. The zero-order chi connectivity index (χ0) is 21.9. The molecule has 0 amide bonds. The molecule has 0 bridgehead atoms. The maximum atomic E-state index is 12.1. The fourth-order valence-electron chi connectivity index (χ4n) is 3.21. The number of carbonyl (C=O) groups is 2. The molecule has 6 nitrogen and oxygen atoms in total. The maximum absolute atomic E-state index is 12.1. The molecule has 0 aromatic heterocycles. The Kier molecular flexibility index (Phi) is 9.61. The van der Waals surface area contributed by atoms with Crippen LogP contribution in [0.4, 0.5) is 4.79 Å². The topological polar surface area (TPSA) is 73.9 Å². The molecule has 1 aromatic rings. The first-order chi connectivity index (χ1) is 14.4. The van der Waals surface area contributed by atoms with E-state index in [0.29, 0.717) is 6.42 Å². The van der Waals surface area contributed by atoms with Crippen molar-refractivity contribution < 1.29 is 23.8 Å². The van der Waals surface area contributed by atoms with E-state index in [0.717, 1.165) is 19.3 Å². The van der Waals surface area contributed by atoms with Gasteiger partial charge in [0, 0.05) is 19.4 Å². The standard InChI is InChI=1S/C24H33NO5/c1-17(2)28-24(27)30-18(3)29-23(26)15-14-22(25-4)16-19-10-12-21(13-11-19)20-8-6-5-7-9-20/h6,8-13,17-18,22,25H,5,7,14-16H2,1-4H3/t18?,22-/m0/s1. The van der Waals surface area contributed by atoms with E-state index in [-0.39, 0.29) is 18.6 Å². The number of allylic oxidation sites excluding steroid dienone is 4. The summed E-state index contributed by atoms with van der Waals surface area (Å²) in [5.74, 6) is -0.411. The highest BCUT2D eigenvalue weighted by atomic mass is 16.8. The minimum Gasteiger partial charge on any atom is -0.431 e. The molecule has 1 aromatic carbocycles. The monoisotopic (exact) mass is 415 g/mol. The molecule has 0 aliphatic heterocycles. The zero-order valence-corrected chi connectivity index (χ0v) is 18.4. The largest absolute Gasteiger partial charge is 0.511 e. The molecule has 1 unspecified atom stereocenters. The molecule has 0 radical (unpaired) electrons. The zero-order valence-electron chi connectivity index (χ0n) is 18.4. The van der Waals surface area contributed by atoms with E-state index in [1.807, 2.05) is 7.05 Å². The van der Waals surface area contributed by atoms with Crippen LogP contribution in [-0.4, -0.2) is 37.6 Å². The summed E-state index contributed by atoms with van der Waals surface area (Å²) in [6.07, 6.45) is 8.40. The summed E-state index contributed by atoms with van der Waals surface area (Å²) in [5, 5.41) is 3.26. The molecule has 1 aliphatic carbocycles. The third kappa shape index (κ3) is 8.41. The molecule has 30 heavy (non-hydrogen) atoms. The Labute approximate surface area is 179 Å². The van der Waals surface area contributed by atoms with Crippen molar-refractivity contribution in [3.05, 3.63) is 53.6 Å². The Hall–Kier alpha value is -2.60. The van der Waals surface area contributed by atoms with Gasteiger partial charge >= 0.3 is 12.1 Å². The fourth-order valence-corrected chi connectivity index (χ4v) is 3.21. The highest BCUT2D eigenvalue weighted by molar-refractivity contribution is 5.74. The van der Waals surface area contributed by atoms with Crippen LogP contribution in [0.1, 0.15) is 57.6 Å². The van der Waals surface area contributed by atoms with Gasteiger partial charge < -0.3 is 19.5 Å². The van der Waals surface area contributed by atoms with Crippen LogP contribution in [0.25, 0.3) is 5.57 Å². The number of hydrogen-bond acceptors (Lipinski definition) is 6. The normalized spacial score (nSPS) is 15.3. The Morgan fingerprint density at radius 1 is 1.03 bits per heavy atom. The van der Waals surface area contributed by atoms with E-state index in [4.69, 9.17) is 14.2 Å². The number of hydrogen-bond donors (Lipinski definition) is 1. The van der Waals surface area contributed by atoms with E-state index < -0.39 is 18.4 Å². The number of benzene rings is 1. The molecule has 1 aliphatic rings. The predicted molar refractivity (Wildman–Crippen MR) is 117 cm³/mol. The molecular formula is C24H33NO5. The van der Waals surface area contributed by atoms with Crippen LogP contribution in [-0.2, 0) is 25.4 Å². The third-order valence-electron chi connectivity index (χ3n) is 4.76. The van der Waals surface area contributed by atoms with Gasteiger partial charge in [0.1, 0.15) is 0 Å². The van der Waals surface area contributed by atoms with Gasteiger partial charge in [-0.1, -0.05) is 42.5 Å². The molecule has 0 spiro atoms. The van der Waals surface area contributed by atoms with Crippen molar-refractivity contribution in [1.82, 2.24) is 5.32 Å². The van der Waals surface area contributed by atoms with Crippen molar-refractivity contribution in [2.75, 3.05) is 7.05 Å². The summed E-state index contributed by atoms with van der Waals surface area (Å²) in [6.45, 7) is 4.93. The van der Waals surface area contributed by atoms with Gasteiger partial charge in [-0.05, 0) is 63.3 Å². The molecular weight excluding hydrogens is 382 g/mol. The molecule has 2 atom stereocenters. The lowest BCUT2D eigenvalue weighted by molar-refractivity contribution is -0.168. The Morgan fingerprint density at radius 2 is 1.77 bits per heavy atom. The average molecular weight is 416 g/mol. The fraction of sp³-hybridized carbons (Fsp3) is 0.500. The van der Waals surface area contributed by atoms with Crippen molar-refractivity contribution in [2.24, 2.45) is 0 Å². The van der Waals surface area contributed by atoms with E-state index in [2.05, 4.69) is 47.8 Å². The average Bonchev–Trinajstić information content (AvgIpc) is 2.71. The predicted octanol–water partition coefficient (Wildman–Crippen LogP) is 4.78. The lowest BCUT2D eigenvalue weighted by atomic mass is 9.96. The SMILES string of the molecule is CN[C@@H](CCC(=O)OC(C)OC(=O)OC(C)C)Cc1ccc(C2=CCCC=C2)cc1. The first-order valence-electron chi connectivity index (χ1n) is 10.6. The van der Waals surface area contributed by atoms with Gasteiger partial charge in [-0.15, -0.1) is 0 Å². The summed E-state index contributed by atoms with van der Waals surface area (Å²) in [7, 11) is 1.88. The molecule has 0 saturated carbocycles. The summed E-state index contributed by atoms with van der Waals surface area (Å²) in [6, 6.07) is 8.70. The van der Waals surface area contributed by atoms with E-state index in [1.165, 1.54) is 23.6 Å². The van der Waals surface area contributed by atoms with Crippen LogP contribution >= 0.6 is 0 Å². The van der Waals surface area contributed by atoms with Gasteiger partial charge in [0.05, 0.1) is 6.10 Å². The summed E-state index contributed by atoms with van der Waals surface area (Å²) >= 11 is 0. The van der Waals surface area contributed by atoms with Gasteiger partial charge in [-0.25, -0.2) is 4.79 Å². The Balaban J connectivity index is 1.77. The van der Waals surface area contributed by atoms with Crippen LogP contribution < -0.4 is 5.32 Å². The molecule has 2 rings (SSSR count). The smallest absolute Gasteiger partial charge is 0.431 e. The number of rotatable bonds is 10. The number of carbonyl (C=O) groups excluding carboxylic acids is 2. The van der Waals surface area contributed by atoms with Gasteiger partial charge in [0.25, 0.3) is 0 Å². The first kappa shape index (κ1) is 23.7. The van der Waals surface area contributed by atoms with Gasteiger partial charge in [-0.3, -0.25) is 4.79 Å². The van der Waals surface area contributed by atoms with E-state index in [9.17, 15) is 9.59 Å². The van der Waals surface area contributed by atoms with Crippen LogP contribution in [0.2, 0.25) is 0 Å². The summed E-state index contributed by atoms with van der Waals surface area (Å²) < 4.78 is 14.9. The molecule has 1 N–H and O–H groups in total. The highest BCUT2D eigenvalue weighted by Gasteiger charge is 2.17. The number of ether oxygens (including phenoxy) is 3. The Bertz CT molecular complexity index is 751. The lowest BCUT2D eigenvalue weighted by Crippen LogP contribution is -2.29. The van der Waals surface area contributed by atoms with Crippen molar-refractivity contribution in [3.8, 4) is 0 Å². The second-order valence-electron chi connectivity index (χ2n) is 7.66. The van der Waals surface area contributed by atoms with Gasteiger partial charge in [0.2, 0.25) is 6.29 Å². The second kappa shape index (κ2) is 12.2. The van der Waals surface area contributed by atoms with Crippen molar-refractivity contribution in [1.29, 1.82) is 0 Å². The number of nitrogens with one attached hydrogen (secondary N) is 1.